The maximum Gasteiger partial charge on any atom is 0.306 e. The van der Waals surface area contributed by atoms with Gasteiger partial charge in [0.25, 0.3) is 0 Å². The van der Waals surface area contributed by atoms with E-state index in [-0.39, 0.29) is 31.1 Å². The van der Waals surface area contributed by atoms with Gasteiger partial charge >= 0.3 is 17.9 Å². The molecule has 0 bridgehead atoms. The van der Waals surface area contributed by atoms with Crippen molar-refractivity contribution in [2.45, 2.75) is 335 Å². The molecule has 0 amide bonds. The molecule has 0 aromatic rings. The Hall–Kier alpha value is -3.15. The number of carbonyl (C=O) groups excluding carboxylic acids is 3. The second-order valence-electron chi connectivity index (χ2n) is 21.7. The molecule has 6 nitrogen and oxygen atoms in total. The zero-order valence-electron chi connectivity index (χ0n) is 49.8. The number of rotatable bonds is 59. The number of allylic oxidation sites excluding steroid dienone is 12. The van der Waals surface area contributed by atoms with Crippen molar-refractivity contribution in [1.82, 2.24) is 0 Å². The van der Waals surface area contributed by atoms with E-state index in [1.807, 2.05) is 0 Å². The molecule has 434 valence electrons. The summed E-state index contributed by atoms with van der Waals surface area (Å²) in [5.74, 6) is -0.893. The van der Waals surface area contributed by atoms with Gasteiger partial charge in [-0.15, -0.1) is 0 Å². The maximum atomic E-state index is 12.8. The quantitative estimate of drug-likeness (QED) is 0.0261. The van der Waals surface area contributed by atoms with Gasteiger partial charge in [0.2, 0.25) is 0 Å². The highest BCUT2D eigenvalue weighted by molar-refractivity contribution is 5.71. The van der Waals surface area contributed by atoms with E-state index in [4.69, 9.17) is 14.2 Å². The number of hydrogen-bond acceptors (Lipinski definition) is 6. The Kier molecular flexibility index (Phi) is 60.7. The summed E-state index contributed by atoms with van der Waals surface area (Å²) < 4.78 is 16.8. The van der Waals surface area contributed by atoms with Crippen molar-refractivity contribution in [2.75, 3.05) is 13.2 Å². The highest BCUT2D eigenvalue weighted by Crippen LogP contribution is 2.17. The first-order chi connectivity index (χ1) is 37.0. The molecule has 0 heterocycles. The minimum absolute atomic E-state index is 0.0782. The normalized spacial score (nSPS) is 12.5. The molecule has 6 heteroatoms. The third-order valence-corrected chi connectivity index (χ3v) is 14.2. The molecule has 0 aliphatic carbocycles. The topological polar surface area (TPSA) is 78.9 Å². The fraction of sp³-hybridized carbons (Fsp3) is 0.783. The zero-order valence-corrected chi connectivity index (χ0v) is 49.8. The highest BCUT2D eigenvalue weighted by atomic mass is 16.6. The molecule has 0 saturated heterocycles. The Morgan fingerprint density at radius 3 is 0.773 bits per heavy atom. The van der Waals surface area contributed by atoms with E-state index in [9.17, 15) is 14.4 Å². The zero-order chi connectivity index (χ0) is 54.3. The Balaban J connectivity index is 3.96. The molecule has 0 radical (unpaired) electrons. The summed E-state index contributed by atoms with van der Waals surface area (Å²) in [5.41, 5.74) is 0. The fourth-order valence-electron chi connectivity index (χ4n) is 9.28. The summed E-state index contributed by atoms with van der Waals surface area (Å²) in [6.07, 6.45) is 82.6. The van der Waals surface area contributed by atoms with Gasteiger partial charge in [0.15, 0.2) is 6.10 Å². The number of carbonyl (C=O) groups is 3. The van der Waals surface area contributed by atoms with Crippen molar-refractivity contribution >= 4 is 17.9 Å². The van der Waals surface area contributed by atoms with Crippen LogP contribution < -0.4 is 0 Å². The smallest absolute Gasteiger partial charge is 0.306 e. The lowest BCUT2D eigenvalue weighted by Gasteiger charge is -2.18. The molecule has 0 aromatic carbocycles. The third kappa shape index (κ3) is 61.6. The summed E-state index contributed by atoms with van der Waals surface area (Å²) in [4.78, 5) is 37.9. The van der Waals surface area contributed by atoms with E-state index in [0.29, 0.717) is 19.3 Å². The highest BCUT2D eigenvalue weighted by Gasteiger charge is 2.19. The number of unbranched alkanes of at least 4 members (excludes halogenated alkanes) is 36. The van der Waals surface area contributed by atoms with E-state index >= 15 is 0 Å². The van der Waals surface area contributed by atoms with E-state index in [0.717, 1.165) is 103 Å². The van der Waals surface area contributed by atoms with Gasteiger partial charge in [0.05, 0.1) is 0 Å². The van der Waals surface area contributed by atoms with Crippen molar-refractivity contribution in [1.29, 1.82) is 0 Å². The summed E-state index contributed by atoms with van der Waals surface area (Å²) >= 11 is 0. The summed E-state index contributed by atoms with van der Waals surface area (Å²) in [7, 11) is 0. The van der Waals surface area contributed by atoms with Gasteiger partial charge in [0.1, 0.15) is 13.2 Å². The lowest BCUT2D eigenvalue weighted by molar-refractivity contribution is -0.167. The second-order valence-corrected chi connectivity index (χ2v) is 21.7. The van der Waals surface area contributed by atoms with Crippen LogP contribution in [-0.4, -0.2) is 37.2 Å². The predicted octanol–water partition coefficient (Wildman–Crippen LogP) is 22.1. The predicted molar refractivity (Wildman–Crippen MR) is 325 cm³/mol. The van der Waals surface area contributed by atoms with Crippen LogP contribution in [0, 0.1) is 0 Å². The molecule has 1 atom stereocenters. The average molecular weight is 1050 g/mol. The molecular formula is C69H122O6. The Morgan fingerprint density at radius 1 is 0.267 bits per heavy atom. The Labute approximate surface area is 465 Å². The molecule has 0 N–H and O–H groups in total. The standard InChI is InChI=1S/C69H122O6/c1-4-7-10-13-15-17-19-21-23-25-27-28-29-30-31-32-33-34-35-36-37-38-39-40-42-43-45-47-49-51-53-56-59-62-68(71)74-65-66(64-73-67(70)61-58-55-12-9-6-3)75-69(72)63-60-57-54-52-50-48-46-44-41-26-24-22-20-18-16-14-11-8-5-2/h16,18-19,21-22,24-25,27,29-30,41,44,66H,4-15,17,20,23,26,28,31-40,42-43,45-65H2,1-3H3/b18-16-,21-19-,24-22-,27-25-,30-29-,44-41-. The lowest BCUT2D eigenvalue weighted by atomic mass is 10.0. The third-order valence-electron chi connectivity index (χ3n) is 14.2. The van der Waals surface area contributed by atoms with Crippen LogP contribution in [0.25, 0.3) is 0 Å². The first-order valence-corrected chi connectivity index (χ1v) is 32.4. The van der Waals surface area contributed by atoms with E-state index in [1.54, 1.807) is 0 Å². The van der Waals surface area contributed by atoms with Gasteiger partial charge < -0.3 is 14.2 Å². The summed E-state index contributed by atoms with van der Waals surface area (Å²) in [5, 5.41) is 0. The van der Waals surface area contributed by atoms with Gasteiger partial charge in [-0.1, -0.05) is 286 Å². The molecular weight excluding hydrogens is 925 g/mol. The van der Waals surface area contributed by atoms with Gasteiger partial charge in [0, 0.05) is 19.3 Å². The van der Waals surface area contributed by atoms with Crippen LogP contribution in [0.5, 0.6) is 0 Å². The van der Waals surface area contributed by atoms with Crippen molar-refractivity contribution in [2.24, 2.45) is 0 Å². The maximum absolute atomic E-state index is 12.8. The number of esters is 3. The van der Waals surface area contributed by atoms with Crippen LogP contribution in [0.2, 0.25) is 0 Å². The lowest BCUT2D eigenvalue weighted by Crippen LogP contribution is -2.30. The average Bonchev–Trinajstić information content (AvgIpc) is 3.41. The number of ether oxygens (including phenoxy) is 3. The van der Waals surface area contributed by atoms with Gasteiger partial charge in [-0.25, -0.2) is 0 Å². The van der Waals surface area contributed by atoms with E-state index < -0.39 is 6.10 Å². The van der Waals surface area contributed by atoms with Crippen molar-refractivity contribution in [3.05, 3.63) is 72.9 Å². The molecule has 75 heavy (non-hydrogen) atoms. The largest absolute Gasteiger partial charge is 0.462 e. The van der Waals surface area contributed by atoms with E-state index in [2.05, 4.69) is 93.7 Å². The fourth-order valence-corrected chi connectivity index (χ4v) is 9.28. The monoisotopic (exact) mass is 1050 g/mol. The van der Waals surface area contributed by atoms with Crippen molar-refractivity contribution in [3.63, 3.8) is 0 Å². The molecule has 1 unspecified atom stereocenters. The van der Waals surface area contributed by atoms with Gasteiger partial charge in [-0.05, 0) is 96.3 Å². The summed E-state index contributed by atoms with van der Waals surface area (Å²) in [6.45, 7) is 6.53. The SMILES string of the molecule is CCCCC/C=C\C/C=C\C/C=C\CCCCCCCCC(=O)OC(COC(=O)CCCCCCC)COC(=O)CCCCCCCCCCCCCCCCCCCC/C=C\C/C=C\C/C=C\CCCCCCC. The Morgan fingerprint density at radius 2 is 0.480 bits per heavy atom. The molecule has 0 aliphatic rings. The van der Waals surface area contributed by atoms with Crippen LogP contribution in [0.4, 0.5) is 0 Å². The van der Waals surface area contributed by atoms with Gasteiger partial charge in [-0.2, -0.15) is 0 Å². The van der Waals surface area contributed by atoms with Crippen LogP contribution in [0.3, 0.4) is 0 Å². The van der Waals surface area contributed by atoms with Gasteiger partial charge in [-0.3, -0.25) is 14.4 Å². The van der Waals surface area contributed by atoms with Crippen molar-refractivity contribution in [3.8, 4) is 0 Å². The molecule has 0 spiro atoms. The second kappa shape index (κ2) is 63.4. The number of hydrogen-bond donors (Lipinski definition) is 0. The van der Waals surface area contributed by atoms with Crippen LogP contribution >= 0.6 is 0 Å². The Bertz CT molecular complexity index is 1390. The molecule has 0 rings (SSSR count). The molecule has 0 saturated carbocycles. The molecule has 0 fully saturated rings. The van der Waals surface area contributed by atoms with Crippen LogP contribution in [0.1, 0.15) is 329 Å². The van der Waals surface area contributed by atoms with Crippen LogP contribution in [-0.2, 0) is 28.6 Å². The minimum atomic E-state index is -0.778. The summed E-state index contributed by atoms with van der Waals surface area (Å²) in [6, 6.07) is 0. The van der Waals surface area contributed by atoms with Crippen LogP contribution in [0.15, 0.2) is 72.9 Å². The first-order valence-electron chi connectivity index (χ1n) is 32.4. The van der Waals surface area contributed by atoms with Crippen molar-refractivity contribution < 1.29 is 28.6 Å². The van der Waals surface area contributed by atoms with E-state index in [1.165, 1.54) is 186 Å². The first kappa shape index (κ1) is 71.8. The minimum Gasteiger partial charge on any atom is -0.462 e. The molecule has 0 aromatic heterocycles. The molecule has 0 aliphatic heterocycles.